The summed E-state index contributed by atoms with van der Waals surface area (Å²) < 4.78 is 5.73. The lowest BCUT2D eigenvalue weighted by Crippen LogP contribution is -1.85. The van der Waals surface area contributed by atoms with Crippen molar-refractivity contribution in [3.8, 4) is 11.5 Å². The van der Waals surface area contributed by atoms with Crippen molar-refractivity contribution in [3.05, 3.63) is 64.7 Å². The third kappa shape index (κ3) is 3.57. The molecule has 0 amide bonds. The Kier molecular flexibility index (Phi) is 4.29. The van der Waals surface area contributed by atoms with E-state index < -0.39 is 0 Å². The zero-order valence-corrected chi connectivity index (χ0v) is 13.8. The summed E-state index contributed by atoms with van der Waals surface area (Å²) in [7, 11) is 0. The van der Waals surface area contributed by atoms with Crippen molar-refractivity contribution in [1.82, 2.24) is 10.2 Å². The van der Waals surface area contributed by atoms with E-state index in [1.807, 2.05) is 24.3 Å². The Morgan fingerprint density at radius 1 is 0.864 bits per heavy atom. The highest BCUT2D eigenvalue weighted by atomic mass is 32.2. The lowest BCUT2D eigenvalue weighted by molar-refractivity contribution is 0.466. The quantitative estimate of drug-likeness (QED) is 0.639. The van der Waals surface area contributed by atoms with Crippen molar-refractivity contribution < 1.29 is 4.42 Å². The molecule has 0 bridgehead atoms. The van der Waals surface area contributed by atoms with Crippen LogP contribution in [0.3, 0.4) is 0 Å². The van der Waals surface area contributed by atoms with E-state index >= 15 is 0 Å². The molecule has 0 saturated heterocycles. The molecule has 112 valence electrons. The minimum Gasteiger partial charge on any atom is -0.411 e. The topological polar surface area (TPSA) is 38.9 Å². The highest BCUT2D eigenvalue weighted by Gasteiger charge is 2.09. The largest absolute Gasteiger partial charge is 0.411 e. The Balaban J connectivity index is 1.70. The lowest BCUT2D eigenvalue weighted by atomic mass is 10.1. The minimum atomic E-state index is 0.572. The van der Waals surface area contributed by atoms with Gasteiger partial charge in [-0.25, -0.2) is 0 Å². The highest BCUT2D eigenvalue weighted by molar-refractivity contribution is 7.98. The molecule has 0 saturated carbocycles. The van der Waals surface area contributed by atoms with E-state index in [2.05, 4.69) is 49.2 Å². The molecule has 0 aliphatic rings. The van der Waals surface area contributed by atoms with Crippen LogP contribution in [0, 0.1) is 20.8 Å². The van der Waals surface area contributed by atoms with Crippen molar-refractivity contribution in [2.75, 3.05) is 0 Å². The van der Waals surface area contributed by atoms with Gasteiger partial charge in [-0.1, -0.05) is 58.8 Å². The van der Waals surface area contributed by atoms with Gasteiger partial charge in [-0.05, 0) is 38.5 Å². The number of nitrogens with zero attached hydrogens (tertiary/aromatic N) is 2. The van der Waals surface area contributed by atoms with Crippen LogP contribution in [0.25, 0.3) is 11.5 Å². The van der Waals surface area contributed by atoms with Crippen LogP contribution in [0.2, 0.25) is 0 Å². The molecule has 0 fully saturated rings. The van der Waals surface area contributed by atoms with Gasteiger partial charge in [-0.2, -0.15) is 0 Å². The van der Waals surface area contributed by atoms with E-state index in [9.17, 15) is 0 Å². The van der Waals surface area contributed by atoms with Gasteiger partial charge in [0.2, 0.25) is 5.89 Å². The van der Waals surface area contributed by atoms with Gasteiger partial charge in [0.1, 0.15) is 0 Å². The molecule has 3 nitrogen and oxygen atoms in total. The van der Waals surface area contributed by atoms with Crippen molar-refractivity contribution in [2.45, 2.75) is 31.7 Å². The van der Waals surface area contributed by atoms with E-state index in [0.717, 1.165) is 11.3 Å². The van der Waals surface area contributed by atoms with Crippen molar-refractivity contribution in [1.29, 1.82) is 0 Å². The number of hydrogen-bond acceptors (Lipinski definition) is 4. The molecule has 0 spiro atoms. The molecule has 0 aliphatic carbocycles. The molecule has 3 aromatic rings. The van der Waals surface area contributed by atoms with Crippen molar-refractivity contribution in [3.63, 3.8) is 0 Å². The fourth-order valence-corrected chi connectivity index (χ4v) is 3.07. The SMILES string of the molecule is Cc1ccc(-c2nnc(SCc3cc(C)cc(C)c3)o2)cc1. The zero-order chi connectivity index (χ0) is 15.5. The van der Waals surface area contributed by atoms with Crippen LogP contribution in [0.15, 0.2) is 52.1 Å². The molecule has 0 N–H and O–H groups in total. The summed E-state index contributed by atoms with van der Waals surface area (Å²) in [4.78, 5) is 0. The molecule has 1 aromatic heterocycles. The van der Waals surface area contributed by atoms with Gasteiger partial charge in [-0.15, -0.1) is 10.2 Å². The Morgan fingerprint density at radius 3 is 2.23 bits per heavy atom. The Hall–Kier alpha value is -2.07. The molecular weight excluding hydrogens is 292 g/mol. The van der Waals surface area contributed by atoms with Gasteiger partial charge in [0.05, 0.1) is 0 Å². The molecule has 0 unspecified atom stereocenters. The minimum absolute atomic E-state index is 0.572. The lowest BCUT2D eigenvalue weighted by Gasteiger charge is -2.02. The fraction of sp³-hybridized carbons (Fsp3) is 0.222. The first-order chi connectivity index (χ1) is 10.6. The maximum Gasteiger partial charge on any atom is 0.277 e. The Bertz CT molecular complexity index is 758. The first-order valence-corrected chi connectivity index (χ1v) is 8.19. The maximum atomic E-state index is 5.73. The summed E-state index contributed by atoms with van der Waals surface area (Å²) in [5.41, 5.74) is 6.00. The van der Waals surface area contributed by atoms with Gasteiger partial charge < -0.3 is 4.42 Å². The number of aryl methyl sites for hydroxylation is 3. The van der Waals surface area contributed by atoms with Gasteiger partial charge in [0, 0.05) is 11.3 Å². The number of hydrogen-bond donors (Lipinski definition) is 0. The molecule has 22 heavy (non-hydrogen) atoms. The van der Waals surface area contributed by atoms with E-state index in [1.165, 1.54) is 22.3 Å². The molecule has 0 atom stereocenters. The van der Waals surface area contributed by atoms with Crippen LogP contribution in [-0.2, 0) is 5.75 Å². The van der Waals surface area contributed by atoms with Crippen molar-refractivity contribution >= 4 is 11.8 Å². The third-order valence-corrected chi connectivity index (χ3v) is 4.24. The smallest absolute Gasteiger partial charge is 0.277 e. The molecular formula is C18H18N2OS. The fourth-order valence-electron chi connectivity index (χ4n) is 2.38. The number of benzene rings is 2. The highest BCUT2D eigenvalue weighted by Crippen LogP contribution is 2.26. The normalized spacial score (nSPS) is 10.9. The summed E-state index contributed by atoms with van der Waals surface area (Å²) in [6, 6.07) is 14.6. The van der Waals surface area contributed by atoms with Crippen LogP contribution in [-0.4, -0.2) is 10.2 Å². The maximum absolute atomic E-state index is 5.73. The molecule has 2 aromatic carbocycles. The summed E-state index contributed by atoms with van der Waals surface area (Å²) in [5.74, 6) is 1.40. The standard InChI is InChI=1S/C18H18N2OS/c1-12-4-6-16(7-5-12)17-19-20-18(21-17)22-11-15-9-13(2)8-14(3)10-15/h4-10H,11H2,1-3H3. The zero-order valence-electron chi connectivity index (χ0n) is 13.0. The number of thioether (sulfide) groups is 1. The summed E-state index contributed by atoms with van der Waals surface area (Å²) in [6.07, 6.45) is 0. The van der Waals surface area contributed by atoms with Crippen LogP contribution < -0.4 is 0 Å². The third-order valence-electron chi connectivity index (χ3n) is 3.35. The van der Waals surface area contributed by atoms with E-state index in [0.29, 0.717) is 11.1 Å². The average molecular weight is 310 g/mol. The monoisotopic (exact) mass is 310 g/mol. The summed E-state index contributed by atoms with van der Waals surface area (Å²) >= 11 is 1.57. The molecule has 0 radical (unpaired) electrons. The second-order valence-electron chi connectivity index (χ2n) is 5.52. The van der Waals surface area contributed by atoms with Gasteiger partial charge in [0.25, 0.3) is 5.22 Å². The van der Waals surface area contributed by atoms with Gasteiger partial charge in [0.15, 0.2) is 0 Å². The predicted molar refractivity (Wildman–Crippen MR) is 89.9 cm³/mol. The van der Waals surface area contributed by atoms with E-state index in [1.54, 1.807) is 11.8 Å². The first kappa shape index (κ1) is 14.9. The summed E-state index contributed by atoms with van der Waals surface area (Å²) in [5, 5.41) is 8.85. The average Bonchev–Trinajstić information content (AvgIpc) is 2.94. The second-order valence-corrected chi connectivity index (χ2v) is 6.45. The summed E-state index contributed by atoms with van der Waals surface area (Å²) in [6.45, 7) is 6.29. The van der Waals surface area contributed by atoms with Gasteiger partial charge in [-0.3, -0.25) is 0 Å². The molecule has 1 heterocycles. The van der Waals surface area contributed by atoms with E-state index in [4.69, 9.17) is 4.42 Å². The Labute approximate surface area is 134 Å². The van der Waals surface area contributed by atoms with E-state index in [-0.39, 0.29) is 0 Å². The molecule has 0 aliphatic heterocycles. The Morgan fingerprint density at radius 2 is 1.55 bits per heavy atom. The van der Waals surface area contributed by atoms with Gasteiger partial charge >= 0.3 is 0 Å². The first-order valence-electron chi connectivity index (χ1n) is 7.21. The van der Waals surface area contributed by atoms with Crippen LogP contribution in [0.4, 0.5) is 0 Å². The predicted octanol–water partition coefficient (Wildman–Crippen LogP) is 4.95. The second kappa shape index (κ2) is 6.36. The number of rotatable bonds is 4. The molecule has 3 rings (SSSR count). The van der Waals surface area contributed by atoms with Crippen molar-refractivity contribution in [2.24, 2.45) is 0 Å². The number of aromatic nitrogens is 2. The van der Waals surface area contributed by atoms with Crippen LogP contribution >= 0.6 is 11.8 Å². The van der Waals surface area contributed by atoms with Crippen LogP contribution in [0.1, 0.15) is 22.3 Å². The van der Waals surface area contributed by atoms with Crippen LogP contribution in [0.5, 0.6) is 0 Å². The molecule has 4 heteroatoms.